The maximum absolute atomic E-state index is 10.6. The standard InChI is InChI=1S/C6H8O5S/c1-5(2)6(7)11-3-4-12(8,9)10/h3-4H,1H2,2H3,(H,8,9,10). The first kappa shape index (κ1) is 10.9. The number of esters is 1. The van der Waals surface area contributed by atoms with Gasteiger partial charge in [-0.25, -0.2) is 4.79 Å². The van der Waals surface area contributed by atoms with E-state index < -0.39 is 16.1 Å². The molecule has 1 N–H and O–H groups in total. The Morgan fingerprint density at radius 1 is 1.58 bits per heavy atom. The van der Waals surface area contributed by atoms with Crippen LogP contribution >= 0.6 is 0 Å². The van der Waals surface area contributed by atoms with E-state index in [-0.39, 0.29) is 5.57 Å². The summed E-state index contributed by atoms with van der Waals surface area (Å²) in [5.41, 5.74) is 0.134. The molecule has 12 heavy (non-hydrogen) atoms. The fourth-order valence-electron chi connectivity index (χ4n) is 0.260. The second-order valence-electron chi connectivity index (χ2n) is 1.97. The summed E-state index contributed by atoms with van der Waals surface area (Å²) in [7, 11) is -4.23. The normalized spacial score (nSPS) is 11.5. The topological polar surface area (TPSA) is 80.7 Å². The maximum atomic E-state index is 10.6. The van der Waals surface area contributed by atoms with Gasteiger partial charge >= 0.3 is 5.97 Å². The van der Waals surface area contributed by atoms with Gasteiger partial charge in [0.2, 0.25) is 0 Å². The Morgan fingerprint density at radius 3 is 2.42 bits per heavy atom. The Labute approximate surface area is 70.1 Å². The van der Waals surface area contributed by atoms with Crippen molar-refractivity contribution in [2.24, 2.45) is 0 Å². The van der Waals surface area contributed by atoms with Crippen LogP contribution in [0.25, 0.3) is 0 Å². The summed E-state index contributed by atoms with van der Waals surface area (Å²) in [5, 5.41) is 0.355. The van der Waals surface area contributed by atoms with Gasteiger partial charge < -0.3 is 4.74 Å². The van der Waals surface area contributed by atoms with E-state index in [0.29, 0.717) is 11.7 Å². The lowest BCUT2D eigenvalue weighted by Crippen LogP contribution is -2.00. The molecule has 0 saturated heterocycles. The third kappa shape index (κ3) is 5.63. The van der Waals surface area contributed by atoms with Crippen molar-refractivity contribution in [2.45, 2.75) is 6.92 Å². The Hall–Kier alpha value is -1.14. The van der Waals surface area contributed by atoms with Gasteiger partial charge in [-0.2, -0.15) is 8.42 Å². The van der Waals surface area contributed by atoms with E-state index in [4.69, 9.17) is 4.55 Å². The van der Waals surface area contributed by atoms with Gasteiger partial charge in [0.05, 0.1) is 5.41 Å². The lowest BCUT2D eigenvalue weighted by Gasteiger charge is -1.94. The summed E-state index contributed by atoms with van der Waals surface area (Å²) in [6.07, 6.45) is 0.576. The van der Waals surface area contributed by atoms with Crippen LogP contribution in [-0.2, 0) is 19.6 Å². The first-order valence-corrected chi connectivity index (χ1v) is 4.34. The second kappa shape index (κ2) is 4.03. The summed E-state index contributed by atoms with van der Waals surface area (Å²) < 4.78 is 32.4. The average Bonchev–Trinajstić information content (AvgIpc) is 1.84. The molecule has 0 atom stereocenters. The monoisotopic (exact) mass is 192 g/mol. The summed E-state index contributed by atoms with van der Waals surface area (Å²) in [5.74, 6) is -0.755. The molecule has 0 amide bonds. The molecule has 0 aliphatic heterocycles. The van der Waals surface area contributed by atoms with Crippen LogP contribution in [-0.4, -0.2) is 18.9 Å². The molecule has 0 aliphatic rings. The van der Waals surface area contributed by atoms with Gasteiger partial charge in [0.25, 0.3) is 10.1 Å². The van der Waals surface area contributed by atoms with Crippen LogP contribution in [0.2, 0.25) is 0 Å². The number of carbonyl (C=O) groups excluding carboxylic acids is 1. The van der Waals surface area contributed by atoms with Gasteiger partial charge in [0.15, 0.2) is 0 Å². The van der Waals surface area contributed by atoms with Gasteiger partial charge in [-0.1, -0.05) is 6.58 Å². The fraction of sp³-hybridized carbons (Fsp3) is 0.167. The fourth-order valence-corrected chi connectivity index (χ4v) is 0.456. The zero-order valence-electron chi connectivity index (χ0n) is 6.35. The van der Waals surface area contributed by atoms with Crippen LogP contribution in [0.4, 0.5) is 0 Å². The summed E-state index contributed by atoms with van der Waals surface area (Å²) in [6, 6.07) is 0. The van der Waals surface area contributed by atoms with Gasteiger partial charge in [-0.05, 0) is 6.92 Å². The zero-order valence-corrected chi connectivity index (χ0v) is 7.17. The van der Waals surface area contributed by atoms with Gasteiger partial charge in [-0.3, -0.25) is 4.55 Å². The van der Waals surface area contributed by atoms with Crippen LogP contribution in [0.5, 0.6) is 0 Å². The number of hydrogen-bond donors (Lipinski definition) is 1. The van der Waals surface area contributed by atoms with Crippen molar-refractivity contribution in [1.29, 1.82) is 0 Å². The van der Waals surface area contributed by atoms with Crippen LogP contribution in [0.1, 0.15) is 6.92 Å². The molecule has 0 heterocycles. The highest BCUT2D eigenvalue weighted by Gasteiger charge is 2.01. The minimum Gasteiger partial charge on any atom is -0.430 e. The molecule has 0 rings (SSSR count). The molecule has 68 valence electrons. The highest BCUT2D eigenvalue weighted by molar-refractivity contribution is 7.88. The lowest BCUT2D eigenvalue weighted by atomic mass is 10.4. The molecular weight excluding hydrogens is 184 g/mol. The third-order valence-corrected chi connectivity index (χ3v) is 1.21. The number of rotatable bonds is 3. The summed E-state index contributed by atoms with van der Waals surface area (Å²) >= 11 is 0. The van der Waals surface area contributed by atoms with E-state index in [9.17, 15) is 13.2 Å². The van der Waals surface area contributed by atoms with Crippen molar-refractivity contribution in [1.82, 2.24) is 0 Å². The predicted molar refractivity (Wildman–Crippen MR) is 41.6 cm³/mol. The third-order valence-electron chi connectivity index (χ3n) is 0.751. The van der Waals surface area contributed by atoms with Crippen molar-refractivity contribution in [3.8, 4) is 0 Å². The number of hydrogen-bond acceptors (Lipinski definition) is 4. The highest BCUT2D eigenvalue weighted by atomic mass is 32.2. The van der Waals surface area contributed by atoms with Crippen LogP contribution in [0.3, 0.4) is 0 Å². The molecule has 0 aromatic rings. The highest BCUT2D eigenvalue weighted by Crippen LogP contribution is 1.93. The Bertz CT molecular complexity index is 311. The van der Waals surface area contributed by atoms with Gasteiger partial charge in [0, 0.05) is 5.57 Å². The molecule has 6 heteroatoms. The molecule has 0 unspecified atom stereocenters. The molecule has 5 nitrogen and oxygen atoms in total. The summed E-state index contributed by atoms with van der Waals surface area (Å²) in [4.78, 5) is 10.6. The molecule has 0 saturated carbocycles. The largest absolute Gasteiger partial charge is 0.430 e. The Kier molecular flexibility index (Phi) is 3.65. The SMILES string of the molecule is C=C(C)C(=O)OC=CS(=O)(=O)O. The maximum Gasteiger partial charge on any atom is 0.337 e. The molecule has 0 aromatic heterocycles. The Morgan fingerprint density at radius 2 is 2.08 bits per heavy atom. The first-order valence-electron chi connectivity index (χ1n) is 2.83. The van der Waals surface area contributed by atoms with Crippen molar-refractivity contribution < 1.29 is 22.5 Å². The minimum absolute atomic E-state index is 0.134. The van der Waals surface area contributed by atoms with E-state index >= 15 is 0 Å². The van der Waals surface area contributed by atoms with Crippen LogP contribution < -0.4 is 0 Å². The van der Waals surface area contributed by atoms with Crippen LogP contribution in [0.15, 0.2) is 23.8 Å². The predicted octanol–water partition coefficient (Wildman–Crippen LogP) is 0.465. The number of carbonyl (C=O) groups is 1. The van der Waals surface area contributed by atoms with Crippen molar-refractivity contribution in [2.75, 3.05) is 0 Å². The molecule has 0 radical (unpaired) electrons. The first-order chi connectivity index (χ1) is 5.33. The molecule has 0 fully saturated rings. The van der Waals surface area contributed by atoms with Crippen molar-refractivity contribution >= 4 is 16.1 Å². The molecule has 0 bridgehead atoms. The van der Waals surface area contributed by atoms with E-state index in [1.54, 1.807) is 0 Å². The molecule has 0 aliphatic carbocycles. The zero-order chi connectivity index (χ0) is 9.78. The van der Waals surface area contributed by atoms with Gasteiger partial charge in [0.1, 0.15) is 6.26 Å². The lowest BCUT2D eigenvalue weighted by molar-refractivity contribution is -0.133. The van der Waals surface area contributed by atoms with Crippen LogP contribution in [0, 0.1) is 0 Å². The van der Waals surface area contributed by atoms with E-state index in [0.717, 1.165) is 0 Å². The number of ether oxygens (including phenoxy) is 1. The summed E-state index contributed by atoms with van der Waals surface area (Å²) in [6.45, 7) is 4.66. The minimum atomic E-state index is -4.23. The molecular formula is C6H8O5S. The van der Waals surface area contributed by atoms with E-state index in [1.807, 2.05) is 0 Å². The van der Waals surface area contributed by atoms with Crippen molar-refractivity contribution in [3.63, 3.8) is 0 Å². The molecule has 0 spiro atoms. The van der Waals surface area contributed by atoms with E-state index in [1.165, 1.54) is 6.92 Å². The smallest absolute Gasteiger partial charge is 0.337 e. The van der Waals surface area contributed by atoms with E-state index in [2.05, 4.69) is 11.3 Å². The average molecular weight is 192 g/mol. The second-order valence-corrected chi connectivity index (χ2v) is 3.27. The quantitative estimate of drug-likeness (QED) is 0.304. The van der Waals surface area contributed by atoms with Crippen molar-refractivity contribution in [3.05, 3.63) is 23.8 Å². The molecule has 0 aromatic carbocycles. The van der Waals surface area contributed by atoms with Gasteiger partial charge in [-0.15, -0.1) is 0 Å². The Balaban J connectivity index is 4.10.